The van der Waals surface area contributed by atoms with Gasteiger partial charge < -0.3 is 10.3 Å². The maximum atomic E-state index is 6.65. The van der Waals surface area contributed by atoms with Crippen LogP contribution in [0.2, 0.25) is 0 Å². The maximum Gasteiger partial charge on any atom is 0.0591 e. The average molecular weight is 394 g/mol. The number of hydrogen-bond acceptors (Lipinski definition) is 2. The van der Waals surface area contributed by atoms with E-state index in [4.69, 9.17) is 5.73 Å². The normalized spacial score (nSPS) is 35.5. The lowest BCUT2D eigenvalue weighted by Gasteiger charge is -2.57. The van der Waals surface area contributed by atoms with Crippen molar-refractivity contribution in [1.82, 2.24) is 9.47 Å². The molecule has 3 unspecified atom stereocenters. The molecule has 1 saturated carbocycles. The number of fused-ring (bicyclic) bond motifs is 6. The lowest BCUT2D eigenvalue weighted by Crippen LogP contribution is -2.60. The van der Waals surface area contributed by atoms with E-state index in [1.54, 1.807) is 11.3 Å². The number of hydrogen-bond donors (Lipinski definition) is 1. The zero-order valence-corrected chi connectivity index (χ0v) is 19.2. The van der Waals surface area contributed by atoms with Gasteiger partial charge in [0.05, 0.1) is 5.54 Å². The molecular weight excluding hydrogens is 354 g/mol. The third kappa shape index (κ3) is 2.92. The summed E-state index contributed by atoms with van der Waals surface area (Å²) < 4.78 is 2.49. The van der Waals surface area contributed by atoms with Gasteiger partial charge in [0.15, 0.2) is 0 Å². The van der Waals surface area contributed by atoms with Crippen molar-refractivity contribution in [2.45, 2.75) is 65.5 Å². The Kier molecular flexibility index (Phi) is 5.41. The van der Waals surface area contributed by atoms with Gasteiger partial charge >= 0.3 is 0 Å². The highest BCUT2D eigenvalue weighted by Crippen LogP contribution is 2.53. The van der Waals surface area contributed by atoms with E-state index in [1.165, 1.54) is 48.8 Å². The van der Waals surface area contributed by atoms with Crippen LogP contribution < -0.4 is 5.73 Å². The molecule has 1 aromatic carbocycles. The van der Waals surface area contributed by atoms with E-state index in [0.29, 0.717) is 11.8 Å². The Bertz CT molecular complexity index is 923. The van der Waals surface area contributed by atoms with E-state index in [2.05, 4.69) is 67.6 Å². The molecule has 1 saturated heterocycles. The van der Waals surface area contributed by atoms with Gasteiger partial charge in [0, 0.05) is 42.8 Å². The summed E-state index contributed by atoms with van der Waals surface area (Å²) in [5, 5.41) is 1.46. The van der Waals surface area contributed by atoms with Crippen LogP contribution in [0.15, 0.2) is 35.9 Å². The van der Waals surface area contributed by atoms with Crippen LogP contribution in [0.3, 0.4) is 0 Å². The fourth-order valence-corrected chi connectivity index (χ4v) is 6.80. The summed E-state index contributed by atoms with van der Waals surface area (Å²) >= 11 is 0. The van der Waals surface area contributed by atoms with Gasteiger partial charge in [-0.05, 0) is 62.5 Å². The van der Waals surface area contributed by atoms with E-state index in [1.807, 2.05) is 13.8 Å². The second-order valence-electron chi connectivity index (χ2n) is 9.45. The first kappa shape index (κ1) is 20.7. The minimum Gasteiger partial charge on any atom is -0.346 e. The molecule has 3 nitrogen and oxygen atoms in total. The van der Waals surface area contributed by atoms with Gasteiger partial charge in [-0.25, -0.2) is 0 Å². The van der Waals surface area contributed by atoms with Gasteiger partial charge in [0.1, 0.15) is 0 Å². The van der Waals surface area contributed by atoms with Crippen LogP contribution in [0.1, 0.15) is 58.7 Å². The Hall–Kier alpha value is -1.58. The molecule has 2 fully saturated rings. The molecular formula is C26H39N3. The van der Waals surface area contributed by atoms with Crippen LogP contribution in [0, 0.1) is 17.8 Å². The first-order valence-corrected chi connectivity index (χ1v) is 11.7. The molecule has 5 rings (SSSR count). The molecule has 158 valence electrons. The second kappa shape index (κ2) is 7.59. The van der Waals surface area contributed by atoms with E-state index < -0.39 is 0 Å². The summed E-state index contributed by atoms with van der Waals surface area (Å²) in [6.45, 7) is 13.5. The first-order valence-electron chi connectivity index (χ1n) is 11.7. The topological polar surface area (TPSA) is 34.2 Å². The van der Waals surface area contributed by atoms with Crippen molar-refractivity contribution in [3.05, 3.63) is 47.2 Å². The van der Waals surface area contributed by atoms with E-state index in [-0.39, 0.29) is 11.6 Å². The third-order valence-electron chi connectivity index (χ3n) is 8.28. The van der Waals surface area contributed by atoms with Crippen LogP contribution >= 0.6 is 0 Å². The molecule has 29 heavy (non-hydrogen) atoms. The molecule has 3 aliphatic rings. The van der Waals surface area contributed by atoms with E-state index in [9.17, 15) is 0 Å². The molecule has 3 heteroatoms. The Morgan fingerprint density at radius 1 is 1.21 bits per heavy atom. The zero-order chi connectivity index (χ0) is 20.9. The summed E-state index contributed by atoms with van der Waals surface area (Å²) in [6, 6.07) is 9.20. The number of aromatic nitrogens is 1. The summed E-state index contributed by atoms with van der Waals surface area (Å²) in [5.41, 5.74) is 12.8. The Morgan fingerprint density at radius 2 is 1.93 bits per heavy atom. The van der Waals surface area contributed by atoms with E-state index >= 15 is 0 Å². The number of piperidine rings is 1. The van der Waals surface area contributed by atoms with Crippen LogP contribution in [-0.2, 0) is 19.0 Å². The van der Waals surface area contributed by atoms with Gasteiger partial charge in [-0.2, -0.15) is 0 Å². The molecule has 3 heterocycles. The number of benzene rings is 1. The smallest absolute Gasteiger partial charge is 0.0591 e. The van der Waals surface area contributed by atoms with Crippen molar-refractivity contribution in [1.29, 1.82) is 0 Å². The SMILES string of the molecule is C/C=C1\CC2CN3CCc4c(n(C)c5ccccc45)[C@]3(C)CC2[C@@H](C)C1N.CC. The lowest BCUT2D eigenvalue weighted by atomic mass is 9.60. The lowest BCUT2D eigenvalue weighted by molar-refractivity contribution is -0.0451. The standard InChI is InChI=1S/C24H33N3.C2H6/c1-5-16-12-17-14-27-11-10-19-18-8-6-7-9-21(18)26(4)23(19)24(27,3)13-20(17)15(2)22(16)25;1-2/h5-9,15,17,20,22H,10-14,25H2,1-4H3;1-2H3/b16-5+;/t15-,17?,20?,22?,24+;/m1./s1. The Morgan fingerprint density at radius 3 is 2.66 bits per heavy atom. The predicted molar refractivity (Wildman–Crippen MR) is 124 cm³/mol. The van der Waals surface area contributed by atoms with Crippen LogP contribution in [0.4, 0.5) is 0 Å². The molecule has 5 atom stereocenters. The highest BCUT2D eigenvalue weighted by atomic mass is 15.2. The highest BCUT2D eigenvalue weighted by molar-refractivity contribution is 5.86. The Labute approximate surface area is 176 Å². The first-order chi connectivity index (χ1) is 14.0. The molecule has 0 spiro atoms. The number of nitrogens with two attached hydrogens (primary N) is 1. The van der Waals surface area contributed by atoms with Gasteiger partial charge in [-0.15, -0.1) is 0 Å². The monoisotopic (exact) mass is 393 g/mol. The number of aryl methyl sites for hydroxylation is 1. The summed E-state index contributed by atoms with van der Waals surface area (Å²) in [5.74, 6) is 2.04. The number of rotatable bonds is 0. The average Bonchev–Trinajstić information content (AvgIpc) is 3.05. The van der Waals surface area contributed by atoms with Crippen LogP contribution in [0.5, 0.6) is 0 Å². The fourth-order valence-electron chi connectivity index (χ4n) is 6.80. The quantitative estimate of drug-likeness (QED) is 0.622. The van der Waals surface area contributed by atoms with Crippen LogP contribution in [-0.4, -0.2) is 28.6 Å². The fraction of sp³-hybridized carbons (Fsp3) is 0.615. The predicted octanol–water partition coefficient (Wildman–Crippen LogP) is 5.23. The second-order valence-corrected chi connectivity index (χ2v) is 9.45. The summed E-state index contributed by atoms with van der Waals surface area (Å²) in [6.07, 6.45) is 5.89. The third-order valence-corrected chi connectivity index (χ3v) is 8.28. The van der Waals surface area contributed by atoms with Crippen molar-refractivity contribution < 1.29 is 0 Å². The van der Waals surface area contributed by atoms with Gasteiger partial charge in [-0.1, -0.05) is 50.6 Å². The molecule has 0 bridgehead atoms. The summed E-state index contributed by atoms with van der Waals surface area (Å²) in [7, 11) is 2.27. The molecule has 1 aromatic heterocycles. The van der Waals surface area contributed by atoms with Gasteiger partial charge in [-0.3, -0.25) is 4.90 Å². The molecule has 0 radical (unpaired) electrons. The maximum absolute atomic E-state index is 6.65. The molecule has 2 N–H and O–H groups in total. The molecule has 1 aliphatic carbocycles. The van der Waals surface area contributed by atoms with Crippen LogP contribution in [0.25, 0.3) is 10.9 Å². The van der Waals surface area contributed by atoms with Gasteiger partial charge in [0.25, 0.3) is 0 Å². The molecule has 0 amide bonds. The van der Waals surface area contributed by atoms with Crippen molar-refractivity contribution >= 4 is 10.9 Å². The van der Waals surface area contributed by atoms with Crippen molar-refractivity contribution in [2.24, 2.45) is 30.5 Å². The molecule has 2 aromatic rings. The highest BCUT2D eigenvalue weighted by Gasteiger charge is 2.52. The minimum absolute atomic E-state index is 0.129. The largest absolute Gasteiger partial charge is 0.346 e. The molecule has 2 aliphatic heterocycles. The Balaban J connectivity index is 0.000000994. The van der Waals surface area contributed by atoms with Crippen molar-refractivity contribution in [3.8, 4) is 0 Å². The van der Waals surface area contributed by atoms with Crippen molar-refractivity contribution in [2.75, 3.05) is 13.1 Å². The number of nitrogens with zero attached hydrogens (tertiary/aromatic N) is 2. The van der Waals surface area contributed by atoms with E-state index in [0.717, 1.165) is 5.92 Å². The summed E-state index contributed by atoms with van der Waals surface area (Å²) in [4.78, 5) is 2.80. The number of allylic oxidation sites excluding steroid dienone is 1. The van der Waals surface area contributed by atoms with Gasteiger partial charge in [0.2, 0.25) is 0 Å². The number of para-hydroxylation sites is 1. The van der Waals surface area contributed by atoms with Crippen molar-refractivity contribution in [3.63, 3.8) is 0 Å². The zero-order valence-electron chi connectivity index (χ0n) is 19.2. The minimum atomic E-state index is 0.129.